The van der Waals surface area contributed by atoms with Crippen LogP contribution in [0.5, 0.6) is 5.88 Å². The molecule has 0 aliphatic carbocycles. The summed E-state index contributed by atoms with van der Waals surface area (Å²) in [5.41, 5.74) is 0.736. The summed E-state index contributed by atoms with van der Waals surface area (Å²) in [6.07, 6.45) is -1.49. The number of hydrogen-bond donors (Lipinski definition) is 2. The third-order valence-corrected chi connectivity index (χ3v) is 3.16. The monoisotopic (exact) mass is 371 g/mol. The predicted octanol–water partition coefficient (Wildman–Crippen LogP) is 1.41. The second kappa shape index (κ2) is 9.02. The van der Waals surface area contributed by atoms with Crippen molar-refractivity contribution in [3.8, 4) is 5.88 Å². The van der Waals surface area contributed by atoms with Gasteiger partial charge in [-0.05, 0) is 12.5 Å². The standard InChI is InChI=1S/C15H20F3N7O/c1-3-19-14(22-8-12-23-10-24-25(12)2)21-7-11-4-5-13(20-6-11)26-9-15(16,17)18/h4-6,10H,3,7-9H2,1-2H3,(H2,19,21,22). The number of aromatic nitrogens is 4. The highest BCUT2D eigenvalue weighted by Gasteiger charge is 2.28. The molecule has 26 heavy (non-hydrogen) atoms. The summed E-state index contributed by atoms with van der Waals surface area (Å²) in [6, 6.07) is 3.00. The second-order valence-corrected chi connectivity index (χ2v) is 5.26. The number of pyridine rings is 1. The third kappa shape index (κ3) is 6.57. The van der Waals surface area contributed by atoms with Crippen LogP contribution in [-0.4, -0.2) is 45.0 Å². The quantitative estimate of drug-likeness (QED) is 0.565. The molecule has 0 aliphatic heterocycles. The Bertz CT molecular complexity index is 713. The first-order valence-corrected chi connectivity index (χ1v) is 7.87. The van der Waals surface area contributed by atoms with Crippen LogP contribution in [0.3, 0.4) is 0 Å². The molecule has 142 valence electrons. The van der Waals surface area contributed by atoms with E-state index in [9.17, 15) is 13.2 Å². The molecule has 0 aliphatic rings. The highest BCUT2D eigenvalue weighted by atomic mass is 19.4. The Hall–Kier alpha value is -2.85. The van der Waals surface area contributed by atoms with Gasteiger partial charge in [0.1, 0.15) is 12.2 Å². The average Bonchev–Trinajstić information content (AvgIpc) is 3.01. The SMILES string of the molecule is CCNC(=NCc1ccc(OCC(F)(F)F)nc1)NCc1ncnn1C. The summed E-state index contributed by atoms with van der Waals surface area (Å²) < 4.78 is 42.5. The van der Waals surface area contributed by atoms with Crippen LogP contribution in [0.15, 0.2) is 29.6 Å². The first kappa shape index (κ1) is 19.5. The zero-order valence-electron chi connectivity index (χ0n) is 14.4. The number of aliphatic imine (C=N–C) groups is 1. The van der Waals surface area contributed by atoms with Crippen LogP contribution in [0.25, 0.3) is 0 Å². The van der Waals surface area contributed by atoms with E-state index in [0.717, 1.165) is 11.4 Å². The third-order valence-electron chi connectivity index (χ3n) is 3.16. The van der Waals surface area contributed by atoms with Crippen molar-refractivity contribution in [1.82, 2.24) is 30.4 Å². The molecule has 2 heterocycles. The van der Waals surface area contributed by atoms with Gasteiger partial charge >= 0.3 is 6.18 Å². The van der Waals surface area contributed by atoms with Gasteiger partial charge in [-0.15, -0.1) is 0 Å². The van der Waals surface area contributed by atoms with E-state index in [1.165, 1.54) is 18.6 Å². The summed E-state index contributed by atoms with van der Waals surface area (Å²) in [5.74, 6) is 1.25. The van der Waals surface area contributed by atoms with Gasteiger partial charge in [-0.2, -0.15) is 18.3 Å². The fourth-order valence-corrected chi connectivity index (χ4v) is 1.90. The number of aryl methyl sites for hydroxylation is 1. The number of alkyl halides is 3. The van der Waals surface area contributed by atoms with Crippen molar-refractivity contribution in [1.29, 1.82) is 0 Å². The van der Waals surface area contributed by atoms with Crippen LogP contribution >= 0.6 is 0 Å². The van der Waals surface area contributed by atoms with Gasteiger partial charge in [-0.1, -0.05) is 6.07 Å². The molecule has 0 atom stereocenters. The minimum absolute atomic E-state index is 0.0811. The summed E-state index contributed by atoms with van der Waals surface area (Å²) in [7, 11) is 1.79. The second-order valence-electron chi connectivity index (χ2n) is 5.26. The minimum atomic E-state index is -4.39. The highest BCUT2D eigenvalue weighted by molar-refractivity contribution is 5.79. The van der Waals surface area contributed by atoms with E-state index >= 15 is 0 Å². The molecular weight excluding hydrogens is 351 g/mol. The molecule has 0 saturated carbocycles. The first-order valence-electron chi connectivity index (χ1n) is 7.87. The van der Waals surface area contributed by atoms with E-state index in [2.05, 4.69) is 35.4 Å². The summed E-state index contributed by atoms with van der Waals surface area (Å²) in [4.78, 5) is 12.4. The van der Waals surface area contributed by atoms with E-state index in [-0.39, 0.29) is 5.88 Å². The van der Waals surface area contributed by atoms with E-state index < -0.39 is 12.8 Å². The van der Waals surface area contributed by atoms with Crippen molar-refractivity contribution in [2.45, 2.75) is 26.2 Å². The lowest BCUT2D eigenvalue weighted by Gasteiger charge is -2.11. The fourth-order valence-electron chi connectivity index (χ4n) is 1.90. The van der Waals surface area contributed by atoms with Crippen LogP contribution in [0.1, 0.15) is 18.3 Å². The van der Waals surface area contributed by atoms with Crippen molar-refractivity contribution in [3.63, 3.8) is 0 Å². The molecule has 0 saturated heterocycles. The number of ether oxygens (including phenoxy) is 1. The lowest BCUT2D eigenvalue weighted by molar-refractivity contribution is -0.154. The van der Waals surface area contributed by atoms with Crippen LogP contribution < -0.4 is 15.4 Å². The van der Waals surface area contributed by atoms with E-state index in [1.807, 2.05) is 6.92 Å². The van der Waals surface area contributed by atoms with Gasteiger partial charge in [-0.3, -0.25) is 4.68 Å². The Balaban J connectivity index is 1.90. The van der Waals surface area contributed by atoms with Gasteiger partial charge in [0.05, 0.1) is 13.1 Å². The topological polar surface area (TPSA) is 89.2 Å². The zero-order chi connectivity index (χ0) is 19.0. The van der Waals surface area contributed by atoms with E-state index in [4.69, 9.17) is 0 Å². The molecule has 0 spiro atoms. The van der Waals surface area contributed by atoms with Gasteiger partial charge in [0, 0.05) is 25.9 Å². The van der Waals surface area contributed by atoms with Crippen molar-refractivity contribution in [3.05, 3.63) is 36.0 Å². The van der Waals surface area contributed by atoms with Crippen LogP contribution in [0.2, 0.25) is 0 Å². The first-order chi connectivity index (χ1) is 12.4. The summed E-state index contributed by atoms with van der Waals surface area (Å²) in [5, 5.41) is 10.2. The molecule has 0 fully saturated rings. The highest BCUT2D eigenvalue weighted by Crippen LogP contribution is 2.17. The summed E-state index contributed by atoms with van der Waals surface area (Å²) in [6.45, 7) is 2.00. The number of halogens is 3. The fraction of sp³-hybridized carbons (Fsp3) is 0.467. The van der Waals surface area contributed by atoms with Crippen LogP contribution in [0.4, 0.5) is 13.2 Å². The predicted molar refractivity (Wildman–Crippen MR) is 88.4 cm³/mol. The Morgan fingerprint density at radius 3 is 2.65 bits per heavy atom. The summed E-state index contributed by atoms with van der Waals surface area (Å²) >= 11 is 0. The average molecular weight is 371 g/mol. The van der Waals surface area contributed by atoms with Gasteiger partial charge in [0.15, 0.2) is 12.6 Å². The molecule has 11 heteroatoms. The number of guanidine groups is 1. The number of rotatable bonds is 7. The Labute approximate surface area is 148 Å². The molecule has 2 N–H and O–H groups in total. The minimum Gasteiger partial charge on any atom is -0.468 e. The number of nitrogens with one attached hydrogen (secondary N) is 2. The lowest BCUT2D eigenvalue weighted by atomic mass is 10.3. The van der Waals surface area contributed by atoms with Gasteiger partial charge < -0.3 is 15.4 Å². The lowest BCUT2D eigenvalue weighted by Crippen LogP contribution is -2.37. The molecule has 8 nitrogen and oxygen atoms in total. The largest absolute Gasteiger partial charge is 0.468 e. The Kier molecular flexibility index (Phi) is 6.75. The smallest absolute Gasteiger partial charge is 0.422 e. The van der Waals surface area contributed by atoms with Crippen LogP contribution in [-0.2, 0) is 20.1 Å². The van der Waals surface area contributed by atoms with Crippen molar-refractivity contribution in [2.75, 3.05) is 13.2 Å². The molecule has 2 rings (SSSR count). The van der Waals surface area contributed by atoms with Gasteiger partial charge in [0.2, 0.25) is 5.88 Å². The van der Waals surface area contributed by atoms with Gasteiger partial charge in [0.25, 0.3) is 0 Å². The molecule has 0 radical (unpaired) electrons. The van der Waals surface area contributed by atoms with E-state index in [0.29, 0.717) is 25.6 Å². The molecule has 0 aromatic carbocycles. The molecule has 2 aromatic rings. The van der Waals surface area contributed by atoms with Crippen molar-refractivity contribution in [2.24, 2.45) is 12.0 Å². The van der Waals surface area contributed by atoms with Crippen molar-refractivity contribution >= 4 is 5.96 Å². The molecule has 0 unspecified atom stereocenters. The molecular formula is C15H20F3N7O. The number of hydrogen-bond acceptors (Lipinski definition) is 5. The normalized spacial score (nSPS) is 12.1. The maximum Gasteiger partial charge on any atom is 0.422 e. The maximum atomic E-state index is 12.1. The molecule has 2 aromatic heterocycles. The maximum absolute atomic E-state index is 12.1. The van der Waals surface area contributed by atoms with E-state index in [1.54, 1.807) is 17.8 Å². The Morgan fingerprint density at radius 1 is 1.27 bits per heavy atom. The molecule has 0 amide bonds. The van der Waals surface area contributed by atoms with Crippen molar-refractivity contribution < 1.29 is 17.9 Å². The zero-order valence-corrected chi connectivity index (χ0v) is 14.4. The van der Waals surface area contributed by atoms with Crippen LogP contribution in [0, 0.1) is 0 Å². The number of nitrogens with zero attached hydrogens (tertiary/aromatic N) is 5. The Morgan fingerprint density at radius 2 is 2.08 bits per heavy atom. The molecule has 0 bridgehead atoms. The van der Waals surface area contributed by atoms with Gasteiger partial charge in [-0.25, -0.2) is 15.0 Å².